The quantitative estimate of drug-likeness (QED) is 0.282. The van der Waals surface area contributed by atoms with Crippen LogP contribution in [0.1, 0.15) is 63.5 Å². The van der Waals surface area contributed by atoms with E-state index in [1.54, 1.807) is 18.2 Å². The van der Waals surface area contributed by atoms with Gasteiger partial charge in [0.2, 0.25) is 0 Å². The van der Waals surface area contributed by atoms with Crippen LogP contribution in [-0.4, -0.2) is 37.3 Å². The Morgan fingerprint density at radius 2 is 1.52 bits per heavy atom. The van der Waals surface area contributed by atoms with E-state index in [0.29, 0.717) is 22.5 Å². The van der Waals surface area contributed by atoms with Gasteiger partial charge in [-0.15, -0.1) is 0 Å². The third kappa shape index (κ3) is 5.19. The average molecular weight is 546 g/mol. The summed E-state index contributed by atoms with van der Waals surface area (Å²) in [6.45, 7) is 2.77. The van der Waals surface area contributed by atoms with Crippen molar-refractivity contribution < 1.29 is 33.3 Å². The molecule has 1 aliphatic heterocycles. The molecule has 2 aromatic rings. The van der Waals surface area contributed by atoms with Crippen molar-refractivity contribution >= 4 is 29.6 Å². The smallest absolute Gasteiger partial charge is 0.348 e. The second-order valence-corrected chi connectivity index (χ2v) is 12.3. The zero-order valence-corrected chi connectivity index (χ0v) is 23.2. The summed E-state index contributed by atoms with van der Waals surface area (Å²) < 4.78 is 21.4. The molecule has 1 saturated heterocycles. The number of ether oxygens (including phenoxy) is 4. The highest BCUT2D eigenvalue weighted by atomic mass is 16.7. The van der Waals surface area contributed by atoms with E-state index in [4.69, 9.17) is 18.9 Å². The molecule has 0 radical (unpaired) electrons. The molecule has 0 unspecified atom stereocenters. The number of methoxy groups -OCH3 is 1. The van der Waals surface area contributed by atoms with E-state index in [0.717, 1.165) is 23.4 Å². The molecule has 2 aromatic carbocycles. The number of nitrogens with one attached hydrogen (secondary N) is 1. The first-order valence-corrected chi connectivity index (χ1v) is 14.0. The molecule has 4 aliphatic carbocycles. The van der Waals surface area contributed by atoms with Crippen molar-refractivity contribution in [2.45, 2.75) is 63.6 Å². The third-order valence-electron chi connectivity index (χ3n) is 8.79. The van der Waals surface area contributed by atoms with Gasteiger partial charge < -0.3 is 24.3 Å². The molecule has 0 aromatic heterocycles. The first-order valence-electron chi connectivity index (χ1n) is 14.0. The number of esters is 2. The zero-order valence-electron chi connectivity index (χ0n) is 23.2. The number of carbonyl (C=O) groups excluding carboxylic acids is 3. The molecule has 1 heterocycles. The van der Waals surface area contributed by atoms with Gasteiger partial charge in [0.1, 0.15) is 5.57 Å². The molecule has 1 N–H and O–H groups in total. The molecular formula is C32H35NO7. The van der Waals surface area contributed by atoms with Gasteiger partial charge in [-0.2, -0.15) is 0 Å². The Morgan fingerprint density at radius 1 is 0.925 bits per heavy atom. The van der Waals surface area contributed by atoms with Gasteiger partial charge in [0, 0.05) is 19.5 Å². The lowest BCUT2D eigenvalue weighted by Gasteiger charge is -2.57. The summed E-state index contributed by atoms with van der Waals surface area (Å²) in [5.74, 6) is 0.247. The van der Waals surface area contributed by atoms with Gasteiger partial charge in [0.05, 0.1) is 7.11 Å². The van der Waals surface area contributed by atoms with Crippen molar-refractivity contribution in [2.75, 3.05) is 19.0 Å². The summed E-state index contributed by atoms with van der Waals surface area (Å²) in [5, 5.41) is 2.92. The SMILES string of the molecule is COc1cc(C=C2C(=O)OC(C)(C)OC2=O)ccc1OCC(=O)Nc1ccc(C23CC4CC(CC(C4)C2)C3)cc1. The average Bonchev–Trinajstić information content (AvgIpc) is 2.89. The van der Waals surface area contributed by atoms with Crippen LogP contribution in [0.3, 0.4) is 0 Å². The monoisotopic (exact) mass is 545 g/mol. The maximum atomic E-state index is 12.7. The van der Waals surface area contributed by atoms with Crippen LogP contribution in [0.5, 0.6) is 11.5 Å². The number of hydrogen-bond donors (Lipinski definition) is 1. The van der Waals surface area contributed by atoms with E-state index in [1.165, 1.54) is 71.1 Å². The molecule has 4 saturated carbocycles. The molecule has 5 aliphatic rings. The lowest BCUT2D eigenvalue weighted by molar-refractivity contribution is -0.222. The van der Waals surface area contributed by atoms with Crippen molar-refractivity contribution in [1.29, 1.82) is 0 Å². The number of hydrogen-bond acceptors (Lipinski definition) is 7. The number of carbonyl (C=O) groups is 3. The lowest BCUT2D eigenvalue weighted by Crippen LogP contribution is -2.48. The maximum absolute atomic E-state index is 12.7. The van der Waals surface area contributed by atoms with Gasteiger partial charge in [0.15, 0.2) is 18.1 Å². The predicted molar refractivity (Wildman–Crippen MR) is 148 cm³/mol. The zero-order chi connectivity index (χ0) is 28.1. The highest BCUT2D eigenvalue weighted by Crippen LogP contribution is 2.60. The minimum atomic E-state index is -1.31. The molecule has 4 bridgehead atoms. The van der Waals surface area contributed by atoms with E-state index in [-0.39, 0.29) is 18.1 Å². The van der Waals surface area contributed by atoms with Crippen molar-refractivity contribution in [3.05, 3.63) is 59.2 Å². The normalized spacial score (nSPS) is 28.0. The van der Waals surface area contributed by atoms with E-state index in [1.807, 2.05) is 12.1 Å². The largest absolute Gasteiger partial charge is 0.493 e. The van der Waals surface area contributed by atoms with E-state index < -0.39 is 17.7 Å². The topological polar surface area (TPSA) is 100 Å². The van der Waals surface area contributed by atoms with Crippen molar-refractivity contribution in [1.82, 2.24) is 0 Å². The van der Waals surface area contributed by atoms with Gasteiger partial charge in [-0.3, -0.25) is 4.79 Å². The van der Waals surface area contributed by atoms with Crippen molar-refractivity contribution in [2.24, 2.45) is 17.8 Å². The summed E-state index contributed by atoms with van der Waals surface area (Å²) in [7, 11) is 1.47. The molecule has 8 nitrogen and oxygen atoms in total. The minimum Gasteiger partial charge on any atom is -0.493 e. The highest BCUT2D eigenvalue weighted by Gasteiger charge is 2.51. The summed E-state index contributed by atoms with van der Waals surface area (Å²) in [4.78, 5) is 37.1. The third-order valence-corrected chi connectivity index (χ3v) is 8.79. The van der Waals surface area contributed by atoms with Crippen molar-refractivity contribution in [3.63, 3.8) is 0 Å². The molecule has 40 heavy (non-hydrogen) atoms. The number of amides is 1. The van der Waals surface area contributed by atoms with Crippen LogP contribution in [0, 0.1) is 17.8 Å². The van der Waals surface area contributed by atoms with Crippen LogP contribution < -0.4 is 14.8 Å². The number of benzene rings is 2. The second-order valence-electron chi connectivity index (χ2n) is 12.3. The molecule has 0 atom stereocenters. The Bertz CT molecular complexity index is 1320. The molecule has 210 valence electrons. The van der Waals surface area contributed by atoms with E-state index in [2.05, 4.69) is 17.4 Å². The van der Waals surface area contributed by atoms with Gasteiger partial charge in [-0.1, -0.05) is 18.2 Å². The summed E-state index contributed by atoms with van der Waals surface area (Å²) >= 11 is 0. The Morgan fingerprint density at radius 3 is 2.10 bits per heavy atom. The van der Waals surface area contributed by atoms with Crippen LogP contribution in [0.25, 0.3) is 6.08 Å². The van der Waals surface area contributed by atoms with Gasteiger partial charge >= 0.3 is 11.9 Å². The van der Waals surface area contributed by atoms with Crippen LogP contribution in [0.2, 0.25) is 0 Å². The van der Waals surface area contributed by atoms with Crippen LogP contribution in [0.15, 0.2) is 48.0 Å². The van der Waals surface area contributed by atoms with Gasteiger partial charge in [-0.25, -0.2) is 9.59 Å². The fraction of sp³-hybridized carbons (Fsp3) is 0.469. The Balaban J connectivity index is 1.07. The summed E-state index contributed by atoms with van der Waals surface area (Å²) in [6.07, 6.45) is 9.54. The Kier molecular flexibility index (Phi) is 6.59. The van der Waals surface area contributed by atoms with Crippen LogP contribution >= 0.6 is 0 Å². The summed E-state index contributed by atoms with van der Waals surface area (Å²) in [5.41, 5.74) is 2.78. The first kappa shape index (κ1) is 26.4. The highest BCUT2D eigenvalue weighted by molar-refractivity contribution is 6.18. The van der Waals surface area contributed by atoms with E-state index >= 15 is 0 Å². The number of anilines is 1. The summed E-state index contributed by atoms with van der Waals surface area (Å²) in [6, 6.07) is 13.2. The molecular weight excluding hydrogens is 510 g/mol. The molecule has 0 spiro atoms. The second kappa shape index (κ2) is 9.98. The van der Waals surface area contributed by atoms with E-state index in [9.17, 15) is 14.4 Å². The maximum Gasteiger partial charge on any atom is 0.348 e. The molecule has 5 fully saturated rings. The molecule has 8 heteroatoms. The van der Waals surface area contributed by atoms with Crippen LogP contribution in [-0.2, 0) is 29.3 Å². The Labute approximate surface area is 234 Å². The van der Waals surface area contributed by atoms with Crippen molar-refractivity contribution in [3.8, 4) is 11.5 Å². The standard InChI is InChI=1S/C32H35NO7/c1-31(2)39-29(35)25(30(36)40-31)13-19-4-9-26(27(14-19)37-3)38-18-28(34)33-24-7-5-23(6-8-24)32-15-20-10-21(16-32)12-22(11-20)17-32/h4-9,13-14,20-22H,10-12,15-18H2,1-3H3,(H,33,34). The molecule has 1 amide bonds. The fourth-order valence-corrected chi connectivity index (χ4v) is 7.55. The first-order chi connectivity index (χ1) is 19.1. The number of rotatable bonds is 7. The predicted octanol–water partition coefficient (Wildman–Crippen LogP) is 5.40. The lowest BCUT2D eigenvalue weighted by atomic mass is 9.48. The van der Waals surface area contributed by atoms with Gasteiger partial charge in [0.25, 0.3) is 11.7 Å². The minimum absolute atomic E-state index is 0.207. The fourth-order valence-electron chi connectivity index (χ4n) is 7.55. The Hall–Kier alpha value is -3.81. The molecule has 7 rings (SSSR count). The number of cyclic esters (lactones) is 2. The van der Waals surface area contributed by atoms with Crippen LogP contribution in [0.4, 0.5) is 5.69 Å². The van der Waals surface area contributed by atoms with Gasteiger partial charge in [-0.05, 0) is 103 Å².